The van der Waals surface area contributed by atoms with Crippen molar-refractivity contribution in [2.75, 3.05) is 20.2 Å². The van der Waals surface area contributed by atoms with E-state index in [9.17, 15) is 42.6 Å². The number of benzene rings is 4. The quantitative estimate of drug-likeness (QED) is 0.0485. The third kappa shape index (κ3) is 12.7. The van der Waals surface area contributed by atoms with E-state index in [2.05, 4.69) is 25.5 Å². The molecule has 64 heavy (non-hydrogen) atoms. The third-order valence-electron chi connectivity index (χ3n) is 10.4. The van der Waals surface area contributed by atoms with Gasteiger partial charge in [0.2, 0.25) is 23.6 Å². The lowest BCUT2D eigenvalue weighted by Gasteiger charge is -2.32. The largest absolute Gasteiger partial charge is 0.507 e. The molecule has 1 aliphatic rings. The minimum Gasteiger partial charge on any atom is -0.507 e. The van der Waals surface area contributed by atoms with Gasteiger partial charge in [0.05, 0.1) is 18.2 Å². The Kier molecular flexibility index (Phi) is 16.6. The number of fused-ring (bicyclic) bond motifs is 5. The first-order valence-corrected chi connectivity index (χ1v) is 22.3. The van der Waals surface area contributed by atoms with Gasteiger partial charge in [0.1, 0.15) is 35.7 Å². The highest BCUT2D eigenvalue weighted by molar-refractivity contribution is 7.89. The lowest BCUT2D eigenvalue weighted by Crippen LogP contribution is -2.57. The first-order chi connectivity index (χ1) is 30.4. The van der Waals surface area contributed by atoms with E-state index in [1.165, 1.54) is 57.3 Å². The third-order valence-corrected chi connectivity index (χ3v) is 11.7. The average molecular weight is 918 g/mol. The van der Waals surface area contributed by atoms with E-state index in [0.717, 1.165) is 22.1 Å². The number of amides is 5. The molecular formula is C45H52ClN7O10S. The van der Waals surface area contributed by atoms with Crippen LogP contribution in [-0.4, -0.2) is 97.6 Å². The van der Waals surface area contributed by atoms with E-state index in [0.29, 0.717) is 35.4 Å². The summed E-state index contributed by atoms with van der Waals surface area (Å²) in [4.78, 5) is 71.1. The fourth-order valence-corrected chi connectivity index (χ4v) is 7.93. The number of nitrogens with zero attached hydrogens (tertiary/aromatic N) is 1. The number of unbranched alkanes of at least 4 members (excludes halogenated alkanes) is 1. The van der Waals surface area contributed by atoms with Crippen molar-refractivity contribution in [3.8, 4) is 33.8 Å². The lowest BCUT2D eigenvalue weighted by atomic mass is 9.93. The molecule has 4 bridgehead atoms. The summed E-state index contributed by atoms with van der Waals surface area (Å²) in [5, 5.41) is 33.9. The second-order valence-electron chi connectivity index (χ2n) is 15.1. The SMILES string of the molecule is CCOS(=O)(=O)/C=C/[C@H](N)NC(=O)[C@@H]1Cc2ccc(O)c(c2)-c2cc(ccc2O)[C@H](N(C)C(=O)[C@H](CCCCN)NC(=O)c2ccc(-c3ccc(Cl)cc3)cc2)C(=O)N[C@@H](C)C(=O)N1. The summed E-state index contributed by atoms with van der Waals surface area (Å²) < 4.78 is 28.6. The van der Waals surface area contributed by atoms with Crippen LogP contribution in [0.2, 0.25) is 5.02 Å². The van der Waals surface area contributed by atoms with Crippen LogP contribution in [0, 0.1) is 0 Å². The van der Waals surface area contributed by atoms with Gasteiger partial charge in [-0.2, -0.15) is 8.42 Å². The Hall–Kier alpha value is -6.31. The standard InChI is InChI=1S/C45H52ClN7O10S/c1-4-63-64(61,62)22-20-39(48)52-43(58)36-24-27-8-18-37(54)33(23-27)34-25-31(15-19-38(34)55)40(44(59)49-26(2)41(56)51-36)53(3)45(60)35(7-5-6-21-47)50-42(57)30-11-9-28(10-12-30)29-13-16-32(46)17-14-29/h8-20,22-23,25-26,35-36,39-40,54-55H,4-7,21,24,47-48H2,1-3H3,(H,49,59)(H,50,57)(H,51,56)(H,52,58)/b22-20+/t26-,35-,36-,39+,40-/m0/s1. The predicted octanol–water partition coefficient (Wildman–Crippen LogP) is 3.34. The molecule has 17 nitrogen and oxygen atoms in total. The number of nitrogens with two attached hydrogens (primary N) is 2. The molecule has 0 saturated heterocycles. The highest BCUT2D eigenvalue weighted by Crippen LogP contribution is 2.39. The van der Waals surface area contributed by atoms with Crippen LogP contribution in [0.15, 0.2) is 96.4 Å². The van der Waals surface area contributed by atoms with Crippen LogP contribution in [0.3, 0.4) is 0 Å². The maximum atomic E-state index is 14.6. The smallest absolute Gasteiger partial charge is 0.289 e. The van der Waals surface area contributed by atoms with Gasteiger partial charge >= 0.3 is 0 Å². The molecule has 4 aromatic rings. The van der Waals surface area contributed by atoms with E-state index in [1.807, 2.05) is 12.1 Å². The summed E-state index contributed by atoms with van der Waals surface area (Å²) >= 11 is 6.04. The Morgan fingerprint density at radius 3 is 2.17 bits per heavy atom. The molecular weight excluding hydrogens is 866 g/mol. The van der Waals surface area contributed by atoms with Crippen molar-refractivity contribution in [3.63, 3.8) is 0 Å². The van der Waals surface area contributed by atoms with Crippen molar-refractivity contribution in [2.24, 2.45) is 11.5 Å². The zero-order valence-electron chi connectivity index (χ0n) is 35.4. The number of halogens is 1. The fourth-order valence-electron chi connectivity index (χ4n) is 7.03. The molecule has 1 aliphatic heterocycles. The first kappa shape index (κ1) is 48.7. The molecule has 0 saturated carbocycles. The number of nitrogens with one attached hydrogen (secondary N) is 4. The molecule has 0 aromatic heterocycles. The highest BCUT2D eigenvalue weighted by atomic mass is 35.5. The van der Waals surface area contributed by atoms with Crippen LogP contribution in [-0.2, 0) is 39.9 Å². The van der Waals surface area contributed by atoms with Crippen molar-refractivity contribution >= 4 is 51.3 Å². The number of phenols is 2. The first-order valence-electron chi connectivity index (χ1n) is 20.4. The molecule has 5 rings (SSSR count). The normalized spacial score (nSPS) is 17.6. The van der Waals surface area contributed by atoms with E-state index < -0.39 is 70.0 Å². The van der Waals surface area contributed by atoms with Gasteiger partial charge in [-0.05, 0) is 117 Å². The molecule has 0 radical (unpaired) electrons. The van der Waals surface area contributed by atoms with Gasteiger partial charge in [-0.15, -0.1) is 0 Å². The molecule has 0 unspecified atom stereocenters. The lowest BCUT2D eigenvalue weighted by molar-refractivity contribution is -0.141. The molecule has 5 atom stereocenters. The number of hydrogen-bond acceptors (Lipinski definition) is 12. The summed E-state index contributed by atoms with van der Waals surface area (Å²) in [5.41, 5.74) is 14.5. The van der Waals surface area contributed by atoms with Crippen LogP contribution < -0.4 is 32.7 Å². The Bertz CT molecular complexity index is 2490. The van der Waals surface area contributed by atoms with Crippen LogP contribution in [0.4, 0.5) is 0 Å². The minimum absolute atomic E-state index is 0.0724. The maximum absolute atomic E-state index is 14.6. The molecule has 4 aromatic carbocycles. The summed E-state index contributed by atoms with van der Waals surface area (Å²) in [7, 11) is -2.71. The van der Waals surface area contributed by atoms with Crippen LogP contribution in [0.5, 0.6) is 11.5 Å². The number of aromatic hydroxyl groups is 2. The fraction of sp³-hybridized carbons (Fsp3) is 0.311. The minimum atomic E-state index is -4.08. The molecule has 5 amide bonds. The van der Waals surface area contributed by atoms with Crippen molar-refractivity contribution in [1.82, 2.24) is 26.2 Å². The van der Waals surface area contributed by atoms with E-state index in [-0.39, 0.29) is 53.2 Å². The molecule has 19 heteroatoms. The van der Waals surface area contributed by atoms with E-state index >= 15 is 0 Å². The zero-order valence-corrected chi connectivity index (χ0v) is 37.0. The van der Waals surface area contributed by atoms with Crippen molar-refractivity contribution in [2.45, 2.75) is 69.9 Å². The van der Waals surface area contributed by atoms with Gasteiger partial charge in [0, 0.05) is 35.2 Å². The number of phenolic OH excluding ortho intramolecular Hbond substituents is 2. The van der Waals surface area contributed by atoms with Crippen LogP contribution >= 0.6 is 11.6 Å². The number of carbonyl (C=O) groups excluding carboxylic acids is 5. The Morgan fingerprint density at radius 2 is 1.53 bits per heavy atom. The Labute approximate surface area is 376 Å². The maximum Gasteiger partial charge on any atom is 0.289 e. The van der Waals surface area contributed by atoms with Crippen LogP contribution in [0.1, 0.15) is 60.6 Å². The van der Waals surface area contributed by atoms with Gasteiger partial charge in [0.25, 0.3) is 16.0 Å². The monoisotopic (exact) mass is 917 g/mol. The van der Waals surface area contributed by atoms with Gasteiger partial charge in [-0.1, -0.05) is 48.0 Å². The van der Waals surface area contributed by atoms with Gasteiger partial charge in [0.15, 0.2) is 0 Å². The van der Waals surface area contributed by atoms with Gasteiger partial charge in [-0.25, -0.2) is 0 Å². The highest BCUT2D eigenvalue weighted by Gasteiger charge is 2.36. The summed E-state index contributed by atoms with van der Waals surface area (Å²) in [5.74, 6) is -4.24. The predicted molar refractivity (Wildman–Crippen MR) is 241 cm³/mol. The second-order valence-corrected chi connectivity index (χ2v) is 17.1. The molecule has 340 valence electrons. The molecule has 0 fully saturated rings. The molecule has 0 aliphatic carbocycles. The summed E-state index contributed by atoms with van der Waals surface area (Å²) in [6.07, 6.45) is 0.622. The van der Waals surface area contributed by atoms with Gasteiger partial charge in [-0.3, -0.25) is 28.2 Å². The number of likely N-dealkylation sites (N-methyl/N-ethyl adjacent to an activating group) is 1. The van der Waals surface area contributed by atoms with Crippen molar-refractivity contribution in [3.05, 3.63) is 118 Å². The van der Waals surface area contributed by atoms with Crippen molar-refractivity contribution in [1.29, 1.82) is 0 Å². The van der Waals surface area contributed by atoms with Crippen LogP contribution in [0.25, 0.3) is 22.3 Å². The van der Waals surface area contributed by atoms with Crippen molar-refractivity contribution < 1.29 is 46.8 Å². The number of hydrogen-bond donors (Lipinski definition) is 8. The van der Waals surface area contributed by atoms with E-state index in [1.54, 1.807) is 36.4 Å². The topological polar surface area (TPSA) is 273 Å². The average Bonchev–Trinajstić information content (AvgIpc) is 3.26. The Morgan fingerprint density at radius 1 is 0.906 bits per heavy atom. The molecule has 1 heterocycles. The zero-order chi connectivity index (χ0) is 46.7. The summed E-state index contributed by atoms with van der Waals surface area (Å²) in [6, 6.07) is 17.2. The van der Waals surface area contributed by atoms with Gasteiger partial charge < -0.3 is 47.8 Å². The van der Waals surface area contributed by atoms with E-state index in [4.69, 9.17) is 23.1 Å². The molecule has 10 N–H and O–H groups in total. The number of carbonyl (C=O) groups is 5. The Balaban J connectivity index is 1.47. The number of rotatable bonds is 15. The summed E-state index contributed by atoms with van der Waals surface area (Å²) in [6.45, 7) is 3.05. The second kappa shape index (κ2) is 21.9. The molecule has 0 spiro atoms.